The topological polar surface area (TPSA) is 66.5 Å². The molecule has 0 aliphatic carbocycles. The van der Waals surface area contributed by atoms with E-state index in [0.717, 1.165) is 5.56 Å². The Morgan fingerprint density at radius 1 is 1.20 bits per heavy atom. The van der Waals surface area contributed by atoms with Crippen molar-refractivity contribution in [1.82, 2.24) is 9.62 Å². The van der Waals surface area contributed by atoms with Crippen LogP contribution < -0.4 is 5.32 Å². The van der Waals surface area contributed by atoms with Crippen molar-refractivity contribution in [2.24, 2.45) is 5.92 Å². The number of rotatable bonds is 7. The van der Waals surface area contributed by atoms with E-state index in [1.807, 2.05) is 30.3 Å². The summed E-state index contributed by atoms with van der Waals surface area (Å²) in [5.74, 6) is -0.465. The predicted octanol–water partition coefficient (Wildman–Crippen LogP) is 4.46. The average Bonchev–Trinajstić information content (AvgIpc) is 2.74. The molecule has 0 unspecified atom stereocenters. The third-order valence-corrected chi connectivity index (χ3v) is 7.83. The first-order valence-corrected chi connectivity index (χ1v) is 12.4. The van der Waals surface area contributed by atoms with E-state index in [1.165, 1.54) is 10.4 Å². The molecule has 1 saturated heterocycles. The van der Waals surface area contributed by atoms with E-state index in [1.54, 1.807) is 12.1 Å². The van der Waals surface area contributed by atoms with E-state index in [0.29, 0.717) is 41.5 Å². The number of nitrogens with one attached hydrogen (secondary N) is 1. The first kappa shape index (κ1) is 23.1. The van der Waals surface area contributed by atoms with Crippen LogP contribution in [-0.2, 0) is 20.6 Å². The lowest BCUT2D eigenvalue weighted by Gasteiger charge is -2.31. The van der Waals surface area contributed by atoms with Crippen molar-refractivity contribution in [3.8, 4) is 0 Å². The van der Waals surface area contributed by atoms with Crippen LogP contribution in [0.15, 0.2) is 48.5 Å². The van der Waals surface area contributed by atoms with Crippen LogP contribution in [0.3, 0.4) is 0 Å². The highest BCUT2D eigenvalue weighted by Crippen LogP contribution is 2.26. The summed E-state index contributed by atoms with van der Waals surface area (Å²) in [6, 6.07) is 14.8. The first-order chi connectivity index (χ1) is 14.3. The molecule has 5 nitrogen and oxygen atoms in total. The molecule has 0 aromatic heterocycles. The molecule has 2 aromatic carbocycles. The van der Waals surface area contributed by atoms with E-state index >= 15 is 0 Å². The molecule has 2 aromatic rings. The molecule has 1 N–H and O–H groups in total. The van der Waals surface area contributed by atoms with Crippen molar-refractivity contribution in [1.29, 1.82) is 0 Å². The molecule has 0 saturated carbocycles. The van der Waals surface area contributed by atoms with Gasteiger partial charge in [-0.15, -0.1) is 0 Å². The second-order valence-corrected chi connectivity index (χ2v) is 10.6. The molecule has 1 aliphatic rings. The maximum atomic E-state index is 12.9. The number of carbonyl (C=O) groups excluding carboxylic acids is 1. The molecule has 1 fully saturated rings. The molecule has 162 valence electrons. The third-order valence-electron chi connectivity index (χ3n) is 5.45. The van der Waals surface area contributed by atoms with Gasteiger partial charge >= 0.3 is 0 Å². The quantitative estimate of drug-likeness (QED) is 0.652. The molecular formula is C22H26Cl2N2O3S. The van der Waals surface area contributed by atoms with E-state index in [2.05, 4.69) is 12.2 Å². The number of hydrogen-bond donors (Lipinski definition) is 1. The molecule has 2 atom stereocenters. The minimum absolute atomic E-state index is 0.0952. The fourth-order valence-corrected chi connectivity index (χ4v) is 5.83. The first-order valence-electron chi connectivity index (χ1n) is 10.0. The number of nitrogens with zero attached hydrogens (tertiary/aromatic N) is 1. The predicted molar refractivity (Wildman–Crippen MR) is 121 cm³/mol. The van der Waals surface area contributed by atoms with E-state index in [-0.39, 0.29) is 30.0 Å². The SMILES string of the molecule is C[C@H](CNC(=O)[C@H]1CCCN(S(=O)(=O)Cc2ccc(Cl)cc2Cl)C1)c1ccccc1. The molecule has 1 aliphatic heterocycles. The third kappa shape index (κ3) is 5.97. The van der Waals surface area contributed by atoms with E-state index in [9.17, 15) is 13.2 Å². The Balaban J connectivity index is 1.59. The molecule has 1 heterocycles. The molecule has 30 heavy (non-hydrogen) atoms. The number of hydrogen-bond acceptors (Lipinski definition) is 3. The molecule has 0 bridgehead atoms. The molecule has 8 heteroatoms. The Hall–Kier alpha value is -1.60. The average molecular weight is 469 g/mol. The Morgan fingerprint density at radius 3 is 2.63 bits per heavy atom. The van der Waals surface area contributed by atoms with Crippen LogP contribution in [-0.4, -0.2) is 38.3 Å². The van der Waals surface area contributed by atoms with Gasteiger partial charge in [0.15, 0.2) is 0 Å². The van der Waals surface area contributed by atoms with Gasteiger partial charge in [-0.05, 0) is 42.0 Å². The number of benzene rings is 2. The second-order valence-electron chi connectivity index (χ2n) is 7.75. The van der Waals surface area contributed by atoms with Crippen molar-refractivity contribution in [3.63, 3.8) is 0 Å². The van der Waals surface area contributed by atoms with Crippen molar-refractivity contribution < 1.29 is 13.2 Å². The number of sulfonamides is 1. The van der Waals surface area contributed by atoms with Crippen LogP contribution in [0.5, 0.6) is 0 Å². The number of amides is 1. The van der Waals surface area contributed by atoms with Crippen LogP contribution in [0.4, 0.5) is 0 Å². The van der Waals surface area contributed by atoms with Crippen molar-refractivity contribution >= 4 is 39.1 Å². The van der Waals surface area contributed by atoms with Gasteiger partial charge in [0.25, 0.3) is 0 Å². The van der Waals surface area contributed by atoms with Gasteiger partial charge in [-0.25, -0.2) is 12.7 Å². The number of halogens is 2. The van der Waals surface area contributed by atoms with Gasteiger partial charge in [0, 0.05) is 29.7 Å². The van der Waals surface area contributed by atoms with Crippen molar-refractivity contribution in [3.05, 3.63) is 69.7 Å². The fourth-order valence-electron chi connectivity index (χ4n) is 3.63. The second kappa shape index (κ2) is 10.1. The van der Waals surface area contributed by atoms with Gasteiger partial charge in [-0.3, -0.25) is 4.79 Å². The van der Waals surface area contributed by atoms with Crippen LogP contribution in [0.1, 0.15) is 36.8 Å². The molecule has 0 radical (unpaired) electrons. The zero-order valence-corrected chi connectivity index (χ0v) is 19.2. The Labute approximate surface area is 188 Å². The van der Waals surface area contributed by atoms with Gasteiger partial charge < -0.3 is 5.32 Å². The summed E-state index contributed by atoms with van der Waals surface area (Å²) >= 11 is 12.0. The maximum absolute atomic E-state index is 12.9. The lowest BCUT2D eigenvalue weighted by molar-refractivity contribution is -0.126. The lowest BCUT2D eigenvalue weighted by atomic mass is 9.97. The van der Waals surface area contributed by atoms with Crippen LogP contribution in [0, 0.1) is 5.92 Å². The van der Waals surface area contributed by atoms with Gasteiger partial charge in [-0.1, -0.05) is 66.5 Å². The summed E-state index contributed by atoms with van der Waals surface area (Å²) in [6.45, 7) is 3.19. The summed E-state index contributed by atoms with van der Waals surface area (Å²) in [4.78, 5) is 12.7. The zero-order chi connectivity index (χ0) is 21.7. The van der Waals surface area contributed by atoms with Gasteiger partial charge in [0.1, 0.15) is 0 Å². The van der Waals surface area contributed by atoms with Gasteiger partial charge in [-0.2, -0.15) is 0 Å². The summed E-state index contributed by atoms with van der Waals surface area (Å²) in [6.07, 6.45) is 1.33. The summed E-state index contributed by atoms with van der Waals surface area (Å²) in [5, 5.41) is 3.78. The Bertz CT molecular complexity index is 983. The highest BCUT2D eigenvalue weighted by Gasteiger charge is 2.32. The Morgan fingerprint density at radius 2 is 1.93 bits per heavy atom. The largest absolute Gasteiger partial charge is 0.355 e. The molecule has 1 amide bonds. The van der Waals surface area contributed by atoms with Crippen LogP contribution >= 0.6 is 23.2 Å². The monoisotopic (exact) mass is 468 g/mol. The number of carbonyl (C=O) groups is 1. The summed E-state index contributed by atoms with van der Waals surface area (Å²) in [5.41, 5.74) is 1.66. The highest BCUT2D eigenvalue weighted by molar-refractivity contribution is 7.88. The normalized spacial score (nSPS) is 18.7. The standard InChI is InChI=1S/C22H26Cl2N2O3S/c1-16(17-6-3-2-4-7-17)13-25-22(27)18-8-5-11-26(14-18)30(28,29)15-19-9-10-20(23)12-21(19)24/h2-4,6-7,9-10,12,16,18H,5,8,11,13-15H2,1H3,(H,25,27)/t16-,18+/m1/s1. The fraction of sp³-hybridized carbons (Fsp3) is 0.409. The smallest absolute Gasteiger partial charge is 0.224 e. The molecule has 0 spiro atoms. The minimum atomic E-state index is -3.59. The summed E-state index contributed by atoms with van der Waals surface area (Å²) in [7, 11) is -3.59. The molecule has 3 rings (SSSR count). The minimum Gasteiger partial charge on any atom is -0.355 e. The van der Waals surface area contributed by atoms with Crippen LogP contribution in [0.25, 0.3) is 0 Å². The lowest BCUT2D eigenvalue weighted by Crippen LogP contribution is -2.46. The van der Waals surface area contributed by atoms with Gasteiger partial charge in [0.2, 0.25) is 15.9 Å². The summed E-state index contributed by atoms with van der Waals surface area (Å²) < 4.78 is 27.2. The van der Waals surface area contributed by atoms with E-state index in [4.69, 9.17) is 23.2 Å². The van der Waals surface area contributed by atoms with Gasteiger partial charge in [0.05, 0.1) is 11.7 Å². The van der Waals surface area contributed by atoms with Crippen molar-refractivity contribution in [2.45, 2.75) is 31.4 Å². The molecular weight excluding hydrogens is 443 g/mol. The zero-order valence-electron chi connectivity index (χ0n) is 16.9. The number of piperidine rings is 1. The van der Waals surface area contributed by atoms with E-state index < -0.39 is 10.0 Å². The highest BCUT2D eigenvalue weighted by atomic mass is 35.5. The van der Waals surface area contributed by atoms with Crippen molar-refractivity contribution in [2.75, 3.05) is 19.6 Å². The Kier molecular flexibility index (Phi) is 7.80. The maximum Gasteiger partial charge on any atom is 0.224 e. The van der Waals surface area contributed by atoms with Crippen LogP contribution in [0.2, 0.25) is 10.0 Å².